The molecule has 0 saturated heterocycles. The van der Waals surface area contributed by atoms with Gasteiger partial charge >= 0.3 is 0 Å². The maximum atomic E-state index is 4.85. The van der Waals surface area contributed by atoms with Gasteiger partial charge in [0.05, 0.1) is 12.6 Å². The van der Waals surface area contributed by atoms with Crippen LogP contribution >= 0.6 is 0 Å². The fourth-order valence-electron chi connectivity index (χ4n) is 1.34. The summed E-state index contributed by atoms with van der Waals surface area (Å²) >= 11 is 0. The van der Waals surface area contributed by atoms with E-state index < -0.39 is 0 Å². The van der Waals surface area contributed by atoms with Gasteiger partial charge in [-0.15, -0.1) is 0 Å². The van der Waals surface area contributed by atoms with Crippen LogP contribution in [0.25, 0.3) is 10.9 Å². The summed E-state index contributed by atoms with van der Waals surface area (Å²) in [6.45, 7) is 0.460. The molecule has 0 aliphatic carbocycles. The number of hydrogen-bond donors (Lipinski definition) is 0. The molecule has 2 rings (SSSR count). The van der Waals surface area contributed by atoms with Crippen LogP contribution in [0.1, 0.15) is 5.56 Å². The van der Waals surface area contributed by atoms with Crippen LogP contribution in [-0.2, 0) is 16.4 Å². The molecule has 1 heterocycles. The lowest BCUT2D eigenvalue weighted by molar-refractivity contribution is -0.282. The Morgan fingerprint density at radius 2 is 2.21 bits per heavy atom. The van der Waals surface area contributed by atoms with E-state index in [-0.39, 0.29) is 0 Å². The fraction of sp³-hybridized carbons (Fsp3) is 0.182. The molecule has 0 atom stereocenters. The van der Waals surface area contributed by atoms with Crippen molar-refractivity contribution in [2.24, 2.45) is 0 Å². The molecule has 0 spiro atoms. The molecule has 0 N–H and O–H groups in total. The van der Waals surface area contributed by atoms with Crippen molar-refractivity contribution in [2.45, 2.75) is 6.61 Å². The second-order valence-corrected chi connectivity index (χ2v) is 2.96. The van der Waals surface area contributed by atoms with Gasteiger partial charge in [0.15, 0.2) is 0 Å². The summed E-state index contributed by atoms with van der Waals surface area (Å²) in [5, 5.41) is 1.12. The van der Waals surface area contributed by atoms with Crippen LogP contribution in [0.5, 0.6) is 0 Å². The molecule has 1 aromatic heterocycles. The van der Waals surface area contributed by atoms with Crippen LogP contribution < -0.4 is 0 Å². The van der Waals surface area contributed by atoms with E-state index in [4.69, 9.17) is 4.89 Å². The molecule has 72 valence electrons. The van der Waals surface area contributed by atoms with Crippen LogP contribution in [0.15, 0.2) is 36.5 Å². The molecule has 0 amide bonds. The summed E-state index contributed by atoms with van der Waals surface area (Å²) in [6, 6.07) is 9.95. The molecule has 0 bridgehead atoms. The molecule has 0 aliphatic rings. The Bertz CT molecular complexity index is 428. The fourth-order valence-corrected chi connectivity index (χ4v) is 1.34. The summed E-state index contributed by atoms with van der Waals surface area (Å²) in [4.78, 5) is 13.6. The lowest BCUT2D eigenvalue weighted by Gasteiger charge is -2.02. The van der Waals surface area contributed by atoms with Crippen LogP contribution in [0.4, 0.5) is 0 Å². The number of benzene rings is 1. The van der Waals surface area contributed by atoms with Crippen molar-refractivity contribution in [1.82, 2.24) is 4.98 Å². The minimum absolute atomic E-state index is 0.460. The van der Waals surface area contributed by atoms with Crippen molar-refractivity contribution >= 4 is 10.9 Å². The molecule has 1 aromatic carbocycles. The van der Waals surface area contributed by atoms with Gasteiger partial charge in [-0.2, -0.15) is 0 Å². The molecule has 0 unspecified atom stereocenters. The Morgan fingerprint density at radius 3 is 3.07 bits per heavy atom. The maximum absolute atomic E-state index is 4.85. The highest BCUT2D eigenvalue weighted by atomic mass is 17.2. The lowest BCUT2D eigenvalue weighted by atomic mass is 10.1. The summed E-state index contributed by atoms with van der Waals surface area (Å²) in [5.41, 5.74) is 2.07. The first-order valence-electron chi connectivity index (χ1n) is 4.39. The van der Waals surface area contributed by atoms with Gasteiger partial charge < -0.3 is 0 Å². The zero-order valence-corrected chi connectivity index (χ0v) is 7.93. The van der Waals surface area contributed by atoms with Crippen LogP contribution in [0.3, 0.4) is 0 Å². The second kappa shape index (κ2) is 4.17. The Balaban J connectivity index is 2.32. The molecule has 14 heavy (non-hydrogen) atoms. The lowest BCUT2D eigenvalue weighted by Crippen LogP contribution is -1.91. The SMILES string of the molecule is COOCc1ccc2ncccc2c1. The van der Waals surface area contributed by atoms with Crippen molar-refractivity contribution in [3.8, 4) is 0 Å². The van der Waals surface area contributed by atoms with Gasteiger partial charge in [-0.25, -0.2) is 9.78 Å². The van der Waals surface area contributed by atoms with Crippen molar-refractivity contribution in [3.05, 3.63) is 42.1 Å². The van der Waals surface area contributed by atoms with E-state index in [0.29, 0.717) is 6.61 Å². The second-order valence-electron chi connectivity index (χ2n) is 2.96. The third-order valence-electron chi connectivity index (χ3n) is 2.01. The molecule has 2 aromatic rings. The molecule has 0 radical (unpaired) electrons. The molecule has 0 fully saturated rings. The third-order valence-corrected chi connectivity index (χ3v) is 2.01. The Kier molecular flexibility index (Phi) is 2.72. The first-order valence-corrected chi connectivity index (χ1v) is 4.39. The molecular formula is C11H11NO2. The minimum Gasteiger partial charge on any atom is -0.256 e. The highest BCUT2D eigenvalue weighted by Gasteiger charge is 1.96. The predicted molar refractivity (Wildman–Crippen MR) is 53.5 cm³/mol. The molecule has 0 aliphatic heterocycles. The summed E-state index contributed by atoms with van der Waals surface area (Å²) in [7, 11) is 1.50. The maximum Gasteiger partial charge on any atom is 0.107 e. The summed E-state index contributed by atoms with van der Waals surface area (Å²) in [5.74, 6) is 0. The van der Waals surface area contributed by atoms with Gasteiger partial charge in [-0.1, -0.05) is 12.1 Å². The average Bonchev–Trinajstić information content (AvgIpc) is 2.26. The number of pyridine rings is 1. The topological polar surface area (TPSA) is 31.4 Å². The molecule has 3 heteroatoms. The zero-order chi connectivity index (χ0) is 9.80. The Hall–Kier alpha value is -1.45. The van der Waals surface area contributed by atoms with Crippen molar-refractivity contribution in [2.75, 3.05) is 7.11 Å². The normalized spacial score (nSPS) is 10.6. The van der Waals surface area contributed by atoms with Gasteiger partial charge in [0.25, 0.3) is 0 Å². The summed E-state index contributed by atoms with van der Waals surface area (Å²) < 4.78 is 0. The number of aromatic nitrogens is 1. The Morgan fingerprint density at radius 1 is 1.29 bits per heavy atom. The Labute approximate surface area is 82.2 Å². The van der Waals surface area contributed by atoms with Gasteiger partial charge in [0, 0.05) is 11.6 Å². The average molecular weight is 189 g/mol. The smallest absolute Gasteiger partial charge is 0.107 e. The predicted octanol–water partition coefficient (Wildman–Crippen LogP) is 2.31. The third kappa shape index (κ3) is 1.89. The first kappa shape index (κ1) is 9.12. The van der Waals surface area contributed by atoms with E-state index in [1.807, 2.05) is 30.3 Å². The van der Waals surface area contributed by atoms with E-state index in [9.17, 15) is 0 Å². The first-order chi connectivity index (χ1) is 6.90. The summed E-state index contributed by atoms with van der Waals surface area (Å²) in [6.07, 6.45) is 1.79. The van der Waals surface area contributed by atoms with Gasteiger partial charge in [-0.05, 0) is 23.8 Å². The largest absolute Gasteiger partial charge is 0.256 e. The van der Waals surface area contributed by atoms with E-state index in [1.165, 1.54) is 7.11 Å². The van der Waals surface area contributed by atoms with Gasteiger partial charge in [-0.3, -0.25) is 4.98 Å². The molecule has 3 nitrogen and oxygen atoms in total. The number of fused-ring (bicyclic) bond motifs is 1. The van der Waals surface area contributed by atoms with E-state index in [0.717, 1.165) is 16.5 Å². The number of nitrogens with zero attached hydrogens (tertiary/aromatic N) is 1. The quantitative estimate of drug-likeness (QED) is 0.548. The van der Waals surface area contributed by atoms with E-state index in [2.05, 4.69) is 9.87 Å². The highest BCUT2D eigenvalue weighted by Crippen LogP contribution is 2.13. The van der Waals surface area contributed by atoms with Gasteiger partial charge in [0.1, 0.15) is 6.61 Å². The van der Waals surface area contributed by atoms with E-state index in [1.54, 1.807) is 6.20 Å². The van der Waals surface area contributed by atoms with Crippen molar-refractivity contribution in [3.63, 3.8) is 0 Å². The van der Waals surface area contributed by atoms with Crippen molar-refractivity contribution in [1.29, 1.82) is 0 Å². The van der Waals surface area contributed by atoms with Gasteiger partial charge in [0.2, 0.25) is 0 Å². The van der Waals surface area contributed by atoms with Crippen LogP contribution in [-0.4, -0.2) is 12.1 Å². The van der Waals surface area contributed by atoms with Crippen LogP contribution in [0.2, 0.25) is 0 Å². The highest BCUT2D eigenvalue weighted by molar-refractivity contribution is 5.78. The number of rotatable bonds is 3. The van der Waals surface area contributed by atoms with Crippen LogP contribution in [0, 0.1) is 0 Å². The van der Waals surface area contributed by atoms with E-state index >= 15 is 0 Å². The molecular weight excluding hydrogens is 178 g/mol. The molecule has 0 saturated carbocycles. The minimum atomic E-state index is 0.460. The van der Waals surface area contributed by atoms with Crippen molar-refractivity contribution < 1.29 is 9.78 Å². The zero-order valence-electron chi connectivity index (χ0n) is 7.93. The monoisotopic (exact) mass is 189 g/mol. The number of hydrogen-bond acceptors (Lipinski definition) is 3. The standard InChI is InChI=1S/C11H11NO2/c1-13-14-8-9-4-5-11-10(7-9)3-2-6-12-11/h2-7H,8H2,1H3.